The minimum absolute atomic E-state index is 0.00618. The molecule has 6 nitrogen and oxygen atoms in total. The summed E-state index contributed by atoms with van der Waals surface area (Å²) in [6.45, 7) is 1.64. The third-order valence-electron chi connectivity index (χ3n) is 4.56. The van der Waals surface area contributed by atoms with Crippen molar-refractivity contribution >= 4 is 17.1 Å². The van der Waals surface area contributed by atoms with E-state index in [0.29, 0.717) is 11.3 Å². The predicted molar refractivity (Wildman–Crippen MR) is 106 cm³/mol. The van der Waals surface area contributed by atoms with Gasteiger partial charge in [0.2, 0.25) is 11.7 Å². The highest BCUT2D eigenvalue weighted by molar-refractivity contribution is 7.12. The van der Waals surface area contributed by atoms with Crippen LogP contribution in [0, 0.1) is 18.3 Å². The molecule has 0 aliphatic rings. The van der Waals surface area contributed by atoms with Crippen molar-refractivity contribution in [3.8, 4) is 17.7 Å². The lowest BCUT2D eigenvalue weighted by molar-refractivity contribution is 0.103. The second-order valence-corrected chi connectivity index (χ2v) is 7.12. The van der Waals surface area contributed by atoms with Gasteiger partial charge in [0, 0.05) is 6.54 Å². The van der Waals surface area contributed by atoms with Gasteiger partial charge in [0.05, 0.1) is 17.6 Å². The average Bonchev–Trinajstić information content (AvgIpc) is 3.23. The Labute approximate surface area is 165 Å². The number of aromatic hydroxyl groups is 1. The quantitative estimate of drug-likeness (QED) is 0.648. The number of nitriles is 1. The first kappa shape index (κ1) is 19.4. The molecule has 1 aromatic carbocycles. The first-order chi connectivity index (χ1) is 13.5. The summed E-state index contributed by atoms with van der Waals surface area (Å²) < 4.78 is 6.22. The third-order valence-corrected chi connectivity index (χ3v) is 5.42. The van der Waals surface area contributed by atoms with Gasteiger partial charge in [-0.1, -0.05) is 18.2 Å². The van der Waals surface area contributed by atoms with Crippen molar-refractivity contribution in [3.05, 3.63) is 79.3 Å². The van der Waals surface area contributed by atoms with E-state index in [1.165, 1.54) is 18.3 Å². The van der Waals surface area contributed by atoms with Gasteiger partial charge < -0.3 is 9.84 Å². The van der Waals surface area contributed by atoms with Crippen LogP contribution in [0.1, 0.15) is 31.9 Å². The molecular weight excluding hydrogens is 376 g/mol. The fourth-order valence-electron chi connectivity index (χ4n) is 2.99. The van der Waals surface area contributed by atoms with Crippen molar-refractivity contribution in [2.24, 2.45) is 0 Å². The molecule has 3 aromatic rings. The first-order valence-corrected chi connectivity index (χ1v) is 9.43. The van der Waals surface area contributed by atoms with Crippen LogP contribution < -0.4 is 10.3 Å². The van der Waals surface area contributed by atoms with Crippen molar-refractivity contribution in [3.63, 3.8) is 0 Å². The Balaban J connectivity index is 2.02. The lowest BCUT2D eigenvalue weighted by Crippen LogP contribution is -2.27. The molecule has 0 spiro atoms. The van der Waals surface area contributed by atoms with E-state index in [2.05, 4.69) is 0 Å². The van der Waals surface area contributed by atoms with E-state index >= 15 is 0 Å². The highest BCUT2D eigenvalue weighted by atomic mass is 32.1. The van der Waals surface area contributed by atoms with E-state index in [-0.39, 0.29) is 23.2 Å². The molecular formula is C21H18N2O4S. The molecule has 0 saturated heterocycles. The second kappa shape index (κ2) is 8.11. The SMILES string of the molecule is COc1ccc(CCn2c(O)c(C(=O)c3cccs3)c(C)c(C#N)c2=O)cc1. The molecule has 7 heteroatoms. The molecule has 28 heavy (non-hydrogen) atoms. The summed E-state index contributed by atoms with van der Waals surface area (Å²) in [6.07, 6.45) is 0.442. The smallest absolute Gasteiger partial charge is 0.271 e. The molecule has 0 atom stereocenters. The van der Waals surface area contributed by atoms with E-state index in [1.54, 1.807) is 36.8 Å². The highest BCUT2D eigenvalue weighted by Crippen LogP contribution is 2.26. The number of carbonyl (C=O) groups is 1. The zero-order valence-electron chi connectivity index (χ0n) is 15.4. The number of carbonyl (C=O) groups excluding carboxylic acids is 1. The number of aromatic nitrogens is 1. The number of ketones is 1. The van der Waals surface area contributed by atoms with Crippen LogP contribution in [0.15, 0.2) is 46.6 Å². The van der Waals surface area contributed by atoms with Gasteiger partial charge in [0.1, 0.15) is 17.4 Å². The Morgan fingerprint density at radius 2 is 2.00 bits per heavy atom. The van der Waals surface area contributed by atoms with Crippen LogP contribution in [0.2, 0.25) is 0 Å². The number of pyridine rings is 1. The fourth-order valence-corrected chi connectivity index (χ4v) is 3.66. The van der Waals surface area contributed by atoms with E-state index in [1.807, 2.05) is 18.2 Å². The maximum absolute atomic E-state index is 12.8. The lowest BCUT2D eigenvalue weighted by atomic mass is 10.0. The second-order valence-electron chi connectivity index (χ2n) is 6.17. The van der Waals surface area contributed by atoms with Crippen LogP contribution in [0.3, 0.4) is 0 Å². The van der Waals surface area contributed by atoms with Crippen LogP contribution >= 0.6 is 11.3 Å². The summed E-state index contributed by atoms with van der Waals surface area (Å²) in [6, 6.07) is 12.6. The average molecular weight is 394 g/mol. The maximum atomic E-state index is 12.8. The van der Waals surface area contributed by atoms with E-state index in [4.69, 9.17) is 4.74 Å². The van der Waals surface area contributed by atoms with Crippen LogP contribution in [0.5, 0.6) is 11.6 Å². The molecule has 0 radical (unpaired) electrons. The summed E-state index contributed by atoms with van der Waals surface area (Å²) in [4.78, 5) is 25.9. The Bertz CT molecular complexity index is 1110. The monoisotopic (exact) mass is 394 g/mol. The van der Waals surface area contributed by atoms with Crippen molar-refractivity contribution < 1.29 is 14.6 Å². The summed E-state index contributed by atoms with van der Waals surface area (Å²) >= 11 is 1.24. The molecule has 0 aliphatic carbocycles. The molecule has 1 N–H and O–H groups in total. The Morgan fingerprint density at radius 1 is 1.29 bits per heavy atom. The van der Waals surface area contributed by atoms with Gasteiger partial charge in [-0.25, -0.2) is 0 Å². The fraction of sp³-hybridized carbons (Fsp3) is 0.190. The van der Waals surface area contributed by atoms with Crippen molar-refractivity contribution in [1.82, 2.24) is 4.57 Å². The number of rotatable bonds is 6. The summed E-state index contributed by atoms with van der Waals surface area (Å²) in [5.41, 5.74) is 0.385. The number of hydrogen-bond acceptors (Lipinski definition) is 6. The predicted octanol–water partition coefficient (Wildman–Crippen LogP) is 3.28. The van der Waals surface area contributed by atoms with E-state index in [9.17, 15) is 20.0 Å². The molecule has 142 valence electrons. The number of thiophene rings is 1. The summed E-state index contributed by atoms with van der Waals surface area (Å²) in [5.74, 6) is -0.0946. The Morgan fingerprint density at radius 3 is 2.57 bits per heavy atom. The van der Waals surface area contributed by atoms with Crippen LogP contribution in [-0.2, 0) is 13.0 Å². The number of methoxy groups -OCH3 is 1. The Kier molecular flexibility index (Phi) is 5.62. The lowest BCUT2D eigenvalue weighted by Gasteiger charge is -2.15. The van der Waals surface area contributed by atoms with Crippen LogP contribution in [0.25, 0.3) is 0 Å². The number of ether oxygens (including phenoxy) is 1. The minimum atomic E-state index is -0.603. The van der Waals surface area contributed by atoms with Crippen LogP contribution in [-0.4, -0.2) is 22.6 Å². The molecule has 0 fully saturated rings. The largest absolute Gasteiger partial charge is 0.497 e. The maximum Gasteiger partial charge on any atom is 0.271 e. The van der Waals surface area contributed by atoms with Gasteiger partial charge in [0.25, 0.3) is 5.56 Å². The van der Waals surface area contributed by atoms with Gasteiger partial charge >= 0.3 is 0 Å². The van der Waals surface area contributed by atoms with Crippen molar-refractivity contribution in [2.45, 2.75) is 19.9 Å². The van der Waals surface area contributed by atoms with Gasteiger partial charge in [-0.3, -0.25) is 14.2 Å². The van der Waals surface area contributed by atoms with E-state index in [0.717, 1.165) is 15.9 Å². The Hall–Kier alpha value is -3.37. The summed E-state index contributed by atoms with van der Waals surface area (Å²) in [7, 11) is 1.58. The van der Waals surface area contributed by atoms with Gasteiger partial charge in [-0.05, 0) is 48.1 Å². The number of nitrogens with zero attached hydrogens (tertiary/aromatic N) is 2. The molecule has 3 rings (SSSR count). The zero-order chi connectivity index (χ0) is 20.3. The topological polar surface area (TPSA) is 92.3 Å². The van der Waals surface area contributed by atoms with Gasteiger partial charge in [-0.2, -0.15) is 5.26 Å². The number of hydrogen-bond donors (Lipinski definition) is 1. The number of aryl methyl sites for hydroxylation is 1. The van der Waals surface area contributed by atoms with Crippen molar-refractivity contribution in [1.29, 1.82) is 5.26 Å². The molecule has 0 bridgehead atoms. The summed E-state index contributed by atoms with van der Waals surface area (Å²) in [5, 5.41) is 21.9. The molecule has 0 unspecified atom stereocenters. The molecule has 2 heterocycles. The van der Waals surface area contributed by atoms with Crippen LogP contribution in [0.4, 0.5) is 0 Å². The van der Waals surface area contributed by atoms with Crippen molar-refractivity contribution in [2.75, 3.05) is 7.11 Å². The molecule has 2 aromatic heterocycles. The highest BCUT2D eigenvalue weighted by Gasteiger charge is 2.25. The third kappa shape index (κ3) is 3.55. The normalized spacial score (nSPS) is 10.5. The standard InChI is InChI=1S/C21H18N2O4S/c1-13-16(12-22)20(25)23(10-9-14-5-7-15(27-2)8-6-14)21(26)18(13)19(24)17-4-3-11-28-17/h3-8,11,26H,9-10H2,1-2H3. The molecule has 0 saturated carbocycles. The van der Waals surface area contributed by atoms with Gasteiger partial charge in [0.15, 0.2) is 0 Å². The molecule has 0 amide bonds. The number of benzene rings is 1. The van der Waals surface area contributed by atoms with E-state index < -0.39 is 17.2 Å². The zero-order valence-corrected chi connectivity index (χ0v) is 16.2. The molecule has 0 aliphatic heterocycles. The first-order valence-electron chi connectivity index (χ1n) is 8.55. The van der Waals surface area contributed by atoms with Gasteiger partial charge in [-0.15, -0.1) is 11.3 Å². The minimum Gasteiger partial charge on any atom is -0.497 e.